The first-order valence-electron chi connectivity index (χ1n) is 7.05. The number of amides is 1. The highest BCUT2D eigenvalue weighted by Gasteiger charge is 2.33. The number of hydrogen-bond donors (Lipinski definition) is 1. The first-order valence-corrected chi connectivity index (χ1v) is 7.05. The van der Waals surface area contributed by atoms with Crippen LogP contribution in [-0.2, 0) is 4.79 Å². The van der Waals surface area contributed by atoms with Gasteiger partial charge in [-0.3, -0.25) is 4.79 Å². The number of likely N-dealkylation sites (N-methyl/N-ethyl adjacent to an activating group) is 1. The minimum atomic E-state index is -0.685. The molecule has 0 heterocycles. The Morgan fingerprint density at radius 3 is 2.29 bits per heavy atom. The fourth-order valence-corrected chi connectivity index (χ4v) is 2.84. The lowest BCUT2D eigenvalue weighted by atomic mass is 9.94. The first-order chi connectivity index (χ1) is 7.99. The fraction of sp³-hybridized carbons (Fsp3) is 0.929. The Labute approximate surface area is 106 Å². The van der Waals surface area contributed by atoms with Crippen LogP contribution in [0.25, 0.3) is 0 Å². The second-order valence-corrected chi connectivity index (χ2v) is 5.73. The molecule has 0 spiro atoms. The molecule has 1 amide bonds. The predicted molar refractivity (Wildman–Crippen MR) is 71.8 cm³/mol. The van der Waals surface area contributed by atoms with Gasteiger partial charge in [-0.1, -0.05) is 39.0 Å². The maximum absolute atomic E-state index is 12.4. The molecule has 1 saturated carbocycles. The normalized spacial score (nSPS) is 21.6. The Morgan fingerprint density at radius 2 is 1.82 bits per heavy atom. The number of nitrogens with zero attached hydrogens (tertiary/aromatic N) is 1. The molecule has 1 aliphatic rings. The molecule has 1 unspecified atom stereocenters. The van der Waals surface area contributed by atoms with E-state index in [4.69, 9.17) is 5.73 Å². The van der Waals surface area contributed by atoms with Crippen molar-refractivity contribution in [3.05, 3.63) is 0 Å². The number of carbonyl (C=O) groups excluding carboxylic acids is 1. The fourth-order valence-electron chi connectivity index (χ4n) is 2.84. The summed E-state index contributed by atoms with van der Waals surface area (Å²) in [5.74, 6) is 0.117. The average Bonchev–Trinajstić information content (AvgIpc) is 2.55. The molecule has 0 saturated heterocycles. The van der Waals surface area contributed by atoms with Crippen molar-refractivity contribution in [2.24, 2.45) is 5.73 Å². The van der Waals surface area contributed by atoms with E-state index in [1.165, 1.54) is 25.7 Å². The summed E-state index contributed by atoms with van der Waals surface area (Å²) in [6, 6.07) is 0.407. The molecule has 100 valence electrons. The summed E-state index contributed by atoms with van der Waals surface area (Å²) in [6.07, 6.45) is 9.13. The maximum Gasteiger partial charge on any atom is 0.242 e. The predicted octanol–water partition coefficient (Wildman–Crippen LogP) is 2.69. The zero-order chi connectivity index (χ0) is 12.9. The van der Waals surface area contributed by atoms with E-state index in [-0.39, 0.29) is 5.91 Å². The van der Waals surface area contributed by atoms with Gasteiger partial charge in [0.1, 0.15) is 0 Å². The third-order valence-corrected chi connectivity index (χ3v) is 3.95. The van der Waals surface area contributed by atoms with Gasteiger partial charge in [0.15, 0.2) is 0 Å². The van der Waals surface area contributed by atoms with Crippen molar-refractivity contribution in [2.45, 2.75) is 76.8 Å². The van der Waals surface area contributed by atoms with Crippen LogP contribution in [0.5, 0.6) is 0 Å². The molecule has 0 aromatic carbocycles. The molecule has 2 N–H and O–H groups in total. The lowest BCUT2D eigenvalue weighted by molar-refractivity contribution is -0.137. The van der Waals surface area contributed by atoms with Crippen LogP contribution in [0.1, 0.15) is 65.2 Å². The van der Waals surface area contributed by atoms with Gasteiger partial charge in [-0.05, 0) is 26.2 Å². The first kappa shape index (κ1) is 14.5. The van der Waals surface area contributed by atoms with E-state index < -0.39 is 5.54 Å². The summed E-state index contributed by atoms with van der Waals surface area (Å²) in [5.41, 5.74) is 5.44. The third kappa shape index (κ3) is 3.98. The van der Waals surface area contributed by atoms with Crippen molar-refractivity contribution >= 4 is 5.91 Å². The van der Waals surface area contributed by atoms with E-state index in [1.807, 2.05) is 18.9 Å². The van der Waals surface area contributed by atoms with Gasteiger partial charge in [0, 0.05) is 13.1 Å². The smallest absolute Gasteiger partial charge is 0.242 e. The zero-order valence-corrected chi connectivity index (χ0v) is 11.7. The van der Waals surface area contributed by atoms with Gasteiger partial charge >= 0.3 is 0 Å². The van der Waals surface area contributed by atoms with Gasteiger partial charge in [-0.2, -0.15) is 0 Å². The van der Waals surface area contributed by atoms with Gasteiger partial charge in [0.05, 0.1) is 5.54 Å². The average molecular weight is 240 g/mol. The molecule has 1 atom stereocenters. The van der Waals surface area contributed by atoms with Crippen molar-refractivity contribution < 1.29 is 4.79 Å². The zero-order valence-electron chi connectivity index (χ0n) is 11.7. The highest BCUT2D eigenvalue weighted by Crippen LogP contribution is 2.23. The van der Waals surface area contributed by atoms with Crippen molar-refractivity contribution in [3.63, 3.8) is 0 Å². The number of hydrogen-bond acceptors (Lipinski definition) is 2. The van der Waals surface area contributed by atoms with E-state index in [9.17, 15) is 4.79 Å². The van der Waals surface area contributed by atoms with Crippen LogP contribution in [0.2, 0.25) is 0 Å². The van der Waals surface area contributed by atoms with Crippen LogP contribution in [-0.4, -0.2) is 29.4 Å². The maximum atomic E-state index is 12.4. The summed E-state index contributed by atoms with van der Waals surface area (Å²) in [7, 11) is 1.93. The van der Waals surface area contributed by atoms with Crippen molar-refractivity contribution in [1.29, 1.82) is 0 Å². The van der Waals surface area contributed by atoms with E-state index in [2.05, 4.69) is 6.92 Å². The highest BCUT2D eigenvalue weighted by molar-refractivity contribution is 5.85. The largest absolute Gasteiger partial charge is 0.341 e. The van der Waals surface area contributed by atoms with Gasteiger partial charge < -0.3 is 10.6 Å². The van der Waals surface area contributed by atoms with E-state index in [0.29, 0.717) is 6.04 Å². The minimum absolute atomic E-state index is 0.117. The Kier molecular flexibility index (Phi) is 5.44. The molecular formula is C14H28N2O. The summed E-state index contributed by atoms with van der Waals surface area (Å²) in [5, 5.41) is 0. The Hall–Kier alpha value is -0.570. The van der Waals surface area contributed by atoms with Crippen molar-refractivity contribution in [3.8, 4) is 0 Å². The molecule has 1 rings (SSSR count). The number of nitrogens with two attached hydrogens (primary N) is 1. The summed E-state index contributed by atoms with van der Waals surface area (Å²) >= 11 is 0. The summed E-state index contributed by atoms with van der Waals surface area (Å²) in [4.78, 5) is 14.3. The monoisotopic (exact) mass is 240 g/mol. The second-order valence-electron chi connectivity index (χ2n) is 5.73. The molecule has 17 heavy (non-hydrogen) atoms. The van der Waals surface area contributed by atoms with E-state index >= 15 is 0 Å². The van der Waals surface area contributed by atoms with E-state index in [1.54, 1.807) is 0 Å². The molecule has 0 aromatic rings. The van der Waals surface area contributed by atoms with Crippen LogP contribution in [0.3, 0.4) is 0 Å². The topological polar surface area (TPSA) is 46.3 Å². The van der Waals surface area contributed by atoms with Crippen LogP contribution < -0.4 is 5.73 Å². The molecule has 0 radical (unpaired) electrons. The molecule has 3 heteroatoms. The molecule has 0 aliphatic heterocycles. The van der Waals surface area contributed by atoms with Crippen LogP contribution in [0, 0.1) is 0 Å². The Balaban J connectivity index is 2.60. The van der Waals surface area contributed by atoms with E-state index in [0.717, 1.165) is 25.7 Å². The number of carbonyl (C=O) groups is 1. The van der Waals surface area contributed by atoms with Gasteiger partial charge in [0.25, 0.3) is 0 Å². The van der Waals surface area contributed by atoms with Crippen LogP contribution in [0.4, 0.5) is 0 Å². The standard InChI is InChI=1S/C14H28N2O/c1-4-11-14(2,15)13(17)16(3)12-9-7-5-6-8-10-12/h12H,4-11,15H2,1-3H3. The Bertz CT molecular complexity index is 243. The third-order valence-electron chi connectivity index (χ3n) is 3.95. The SMILES string of the molecule is CCCC(C)(N)C(=O)N(C)C1CCCCCC1. The molecular weight excluding hydrogens is 212 g/mol. The quantitative estimate of drug-likeness (QED) is 0.768. The molecule has 3 nitrogen and oxygen atoms in total. The summed E-state index contributed by atoms with van der Waals surface area (Å²) < 4.78 is 0. The number of rotatable bonds is 4. The highest BCUT2D eigenvalue weighted by atomic mass is 16.2. The second kappa shape index (κ2) is 6.39. The van der Waals surface area contributed by atoms with Gasteiger partial charge in [-0.25, -0.2) is 0 Å². The van der Waals surface area contributed by atoms with Gasteiger partial charge in [-0.15, -0.1) is 0 Å². The van der Waals surface area contributed by atoms with Crippen molar-refractivity contribution in [2.75, 3.05) is 7.05 Å². The van der Waals surface area contributed by atoms with Crippen LogP contribution in [0.15, 0.2) is 0 Å². The molecule has 1 fully saturated rings. The Morgan fingerprint density at radius 1 is 1.29 bits per heavy atom. The van der Waals surface area contributed by atoms with Crippen molar-refractivity contribution in [1.82, 2.24) is 4.90 Å². The summed E-state index contributed by atoms with van der Waals surface area (Å²) in [6.45, 7) is 3.94. The molecule has 0 aromatic heterocycles. The molecule has 0 bridgehead atoms. The van der Waals surface area contributed by atoms with Crippen LogP contribution >= 0.6 is 0 Å². The van der Waals surface area contributed by atoms with Gasteiger partial charge in [0.2, 0.25) is 5.91 Å². The minimum Gasteiger partial charge on any atom is -0.341 e. The lowest BCUT2D eigenvalue weighted by Crippen LogP contribution is -2.54. The molecule has 1 aliphatic carbocycles. The lowest BCUT2D eigenvalue weighted by Gasteiger charge is -2.34.